The third-order valence-electron chi connectivity index (χ3n) is 6.09. The van der Waals surface area contributed by atoms with Crippen molar-refractivity contribution < 1.29 is 9.90 Å². The number of aliphatic imine (C=N–C) groups is 1. The molecule has 3 aromatic rings. The van der Waals surface area contributed by atoms with E-state index in [2.05, 4.69) is 32.0 Å². The molecule has 0 saturated heterocycles. The van der Waals surface area contributed by atoms with Crippen LogP contribution in [0, 0.1) is 0 Å². The molecule has 32 heavy (non-hydrogen) atoms. The van der Waals surface area contributed by atoms with Crippen LogP contribution in [-0.2, 0) is 24.1 Å². The second-order valence-electron chi connectivity index (χ2n) is 8.11. The van der Waals surface area contributed by atoms with Crippen molar-refractivity contribution in [2.45, 2.75) is 39.2 Å². The molecule has 164 valence electrons. The summed E-state index contributed by atoms with van der Waals surface area (Å²) in [5, 5.41) is 10.3. The first-order valence-electron chi connectivity index (χ1n) is 11.0. The molecule has 4 nitrogen and oxygen atoms in total. The molecule has 1 aliphatic heterocycles. The molecule has 1 heterocycles. The SMILES string of the molecule is CCc1ccc(CC)c(CC2N=C(c3ccc(O)cc3)c3cc(Cl)ccc3N(C)C2=O)c1. The van der Waals surface area contributed by atoms with E-state index in [4.69, 9.17) is 16.6 Å². The van der Waals surface area contributed by atoms with E-state index in [0.717, 1.165) is 35.2 Å². The number of halogens is 1. The van der Waals surface area contributed by atoms with E-state index in [-0.39, 0.29) is 11.7 Å². The number of anilines is 1. The molecule has 3 aromatic carbocycles. The van der Waals surface area contributed by atoms with Crippen molar-refractivity contribution in [1.82, 2.24) is 0 Å². The minimum absolute atomic E-state index is 0.0497. The van der Waals surface area contributed by atoms with Crippen molar-refractivity contribution in [3.8, 4) is 5.75 Å². The fourth-order valence-electron chi connectivity index (χ4n) is 4.24. The average Bonchev–Trinajstić information content (AvgIpc) is 2.90. The second-order valence-corrected chi connectivity index (χ2v) is 8.55. The highest BCUT2D eigenvalue weighted by Gasteiger charge is 2.30. The third kappa shape index (κ3) is 4.28. The number of nitrogens with zero attached hydrogens (tertiary/aromatic N) is 2. The van der Waals surface area contributed by atoms with Gasteiger partial charge in [0, 0.05) is 29.6 Å². The maximum Gasteiger partial charge on any atom is 0.251 e. The largest absolute Gasteiger partial charge is 0.508 e. The number of rotatable bonds is 5. The molecule has 1 aliphatic rings. The van der Waals surface area contributed by atoms with Crippen LogP contribution in [0.2, 0.25) is 5.02 Å². The molecule has 0 fully saturated rings. The van der Waals surface area contributed by atoms with Gasteiger partial charge in [0.05, 0.1) is 11.4 Å². The van der Waals surface area contributed by atoms with Crippen LogP contribution in [0.4, 0.5) is 5.69 Å². The molecular formula is C27H27ClN2O2. The number of benzodiazepines with no additional fused rings is 1. The van der Waals surface area contributed by atoms with Gasteiger partial charge in [-0.25, -0.2) is 0 Å². The van der Waals surface area contributed by atoms with Crippen LogP contribution in [-0.4, -0.2) is 29.8 Å². The van der Waals surface area contributed by atoms with Gasteiger partial charge in [0.15, 0.2) is 0 Å². The average molecular weight is 447 g/mol. The Bertz CT molecular complexity index is 1180. The Morgan fingerprint density at radius 2 is 1.72 bits per heavy atom. The van der Waals surface area contributed by atoms with Gasteiger partial charge in [0.2, 0.25) is 0 Å². The molecule has 1 unspecified atom stereocenters. The minimum atomic E-state index is -0.563. The highest BCUT2D eigenvalue weighted by Crippen LogP contribution is 2.31. The van der Waals surface area contributed by atoms with Crippen molar-refractivity contribution in [2.24, 2.45) is 4.99 Å². The fourth-order valence-corrected chi connectivity index (χ4v) is 4.41. The molecule has 0 aromatic heterocycles. The second kappa shape index (κ2) is 9.17. The quantitative estimate of drug-likeness (QED) is 0.555. The zero-order chi connectivity index (χ0) is 22.8. The lowest BCUT2D eigenvalue weighted by atomic mass is 9.95. The lowest BCUT2D eigenvalue weighted by Crippen LogP contribution is -2.36. The van der Waals surface area contributed by atoms with E-state index in [0.29, 0.717) is 17.2 Å². The Morgan fingerprint density at radius 1 is 0.969 bits per heavy atom. The van der Waals surface area contributed by atoms with E-state index in [1.165, 1.54) is 11.1 Å². The number of fused-ring (bicyclic) bond motifs is 1. The van der Waals surface area contributed by atoms with Gasteiger partial charge < -0.3 is 10.0 Å². The van der Waals surface area contributed by atoms with Crippen molar-refractivity contribution in [3.63, 3.8) is 0 Å². The summed E-state index contributed by atoms with van der Waals surface area (Å²) in [6.07, 6.45) is 2.38. The number of aryl methyl sites for hydroxylation is 2. The number of likely N-dealkylation sites (N-methyl/N-ethyl adjacent to an activating group) is 1. The normalized spacial score (nSPS) is 15.9. The highest BCUT2D eigenvalue weighted by atomic mass is 35.5. The number of benzene rings is 3. The summed E-state index contributed by atoms with van der Waals surface area (Å²) in [7, 11) is 1.79. The molecule has 0 spiro atoms. The molecule has 1 atom stereocenters. The predicted octanol–water partition coefficient (Wildman–Crippen LogP) is 5.60. The number of carbonyl (C=O) groups excluding carboxylic acids is 1. The van der Waals surface area contributed by atoms with Gasteiger partial charge in [-0.2, -0.15) is 0 Å². The molecule has 0 bridgehead atoms. The summed E-state index contributed by atoms with van der Waals surface area (Å²) in [6, 6.07) is 18.4. The Balaban J connectivity index is 1.86. The topological polar surface area (TPSA) is 52.9 Å². The third-order valence-corrected chi connectivity index (χ3v) is 6.32. The van der Waals surface area contributed by atoms with Crippen LogP contribution in [0.1, 0.15) is 41.7 Å². The fraction of sp³-hybridized carbons (Fsp3) is 0.259. The number of aromatic hydroxyl groups is 1. The maximum absolute atomic E-state index is 13.5. The van der Waals surface area contributed by atoms with Crippen LogP contribution in [0.15, 0.2) is 65.7 Å². The summed E-state index contributed by atoms with van der Waals surface area (Å²) in [5.41, 5.74) is 6.77. The van der Waals surface area contributed by atoms with Crippen LogP contribution in [0.25, 0.3) is 0 Å². The van der Waals surface area contributed by atoms with E-state index in [1.54, 1.807) is 30.1 Å². The monoisotopic (exact) mass is 446 g/mol. The molecule has 0 saturated carbocycles. The van der Waals surface area contributed by atoms with Gasteiger partial charge in [-0.3, -0.25) is 9.79 Å². The van der Waals surface area contributed by atoms with E-state index in [9.17, 15) is 9.90 Å². The number of hydrogen-bond acceptors (Lipinski definition) is 3. The summed E-state index contributed by atoms with van der Waals surface area (Å²) in [6.45, 7) is 4.27. The van der Waals surface area contributed by atoms with E-state index >= 15 is 0 Å². The van der Waals surface area contributed by atoms with Crippen LogP contribution >= 0.6 is 11.6 Å². The van der Waals surface area contributed by atoms with Gasteiger partial charge in [-0.15, -0.1) is 0 Å². The highest BCUT2D eigenvalue weighted by molar-refractivity contribution is 6.32. The number of carbonyl (C=O) groups is 1. The van der Waals surface area contributed by atoms with Crippen molar-refractivity contribution in [1.29, 1.82) is 0 Å². The van der Waals surface area contributed by atoms with E-state index in [1.807, 2.05) is 24.3 Å². The smallest absolute Gasteiger partial charge is 0.251 e. The zero-order valence-electron chi connectivity index (χ0n) is 18.6. The standard InChI is InChI=1S/C27H27ClN2O2/c1-4-17-6-7-18(5-2)20(14-17)15-24-27(32)30(3)25-13-10-21(28)16-23(25)26(29-24)19-8-11-22(31)12-9-19/h6-14,16,24,31H,4-5,15H2,1-3H3. The Morgan fingerprint density at radius 3 is 2.41 bits per heavy atom. The summed E-state index contributed by atoms with van der Waals surface area (Å²) < 4.78 is 0. The number of amides is 1. The lowest BCUT2D eigenvalue weighted by Gasteiger charge is -2.21. The first-order chi connectivity index (χ1) is 15.4. The van der Waals surface area contributed by atoms with E-state index < -0.39 is 6.04 Å². The zero-order valence-corrected chi connectivity index (χ0v) is 19.4. The van der Waals surface area contributed by atoms with Crippen molar-refractivity contribution >= 4 is 28.9 Å². The van der Waals surface area contributed by atoms with Gasteiger partial charge in [0.1, 0.15) is 11.8 Å². The van der Waals surface area contributed by atoms with Gasteiger partial charge in [-0.05, 0) is 72.0 Å². The van der Waals surface area contributed by atoms with Gasteiger partial charge in [0.25, 0.3) is 5.91 Å². The van der Waals surface area contributed by atoms with Gasteiger partial charge in [-0.1, -0.05) is 43.6 Å². The number of hydrogen-bond donors (Lipinski definition) is 1. The molecule has 1 amide bonds. The molecule has 5 heteroatoms. The van der Waals surface area contributed by atoms with Crippen LogP contribution < -0.4 is 4.90 Å². The predicted molar refractivity (Wildman–Crippen MR) is 131 cm³/mol. The summed E-state index contributed by atoms with van der Waals surface area (Å²) in [5.74, 6) is 0.134. The Kier molecular flexibility index (Phi) is 6.33. The lowest BCUT2D eigenvalue weighted by molar-refractivity contribution is -0.119. The molecular weight excluding hydrogens is 420 g/mol. The molecule has 1 N–H and O–H groups in total. The molecule has 4 rings (SSSR count). The van der Waals surface area contributed by atoms with Gasteiger partial charge >= 0.3 is 0 Å². The first-order valence-corrected chi connectivity index (χ1v) is 11.3. The minimum Gasteiger partial charge on any atom is -0.508 e. The summed E-state index contributed by atoms with van der Waals surface area (Å²) >= 11 is 6.33. The van der Waals surface area contributed by atoms with Crippen molar-refractivity contribution in [2.75, 3.05) is 11.9 Å². The van der Waals surface area contributed by atoms with Crippen molar-refractivity contribution in [3.05, 3.63) is 93.5 Å². The molecule has 0 radical (unpaired) electrons. The van der Waals surface area contributed by atoms with Crippen LogP contribution in [0.3, 0.4) is 0 Å². The Hall–Kier alpha value is -3.11. The number of phenolic OH excluding ortho intramolecular Hbond substituents is 1. The maximum atomic E-state index is 13.5. The van der Waals surface area contributed by atoms with Crippen LogP contribution in [0.5, 0.6) is 5.75 Å². The summed E-state index contributed by atoms with van der Waals surface area (Å²) in [4.78, 5) is 20.2. The Labute approximate surface area is 194 Å². The number of phenols is 1. The first kappa shape index (κ1) is 22.1. The molecule has 0 aliphatic carbocycles.